The smallest absolute Gasteiger partial charge is 0.248 e. The number of anilines is 1. The summed E-state index contributed by atoms with van der Waals surface area (Å²) in [5.41, 5.74) is 0. The van der Waals surface area contributed by atoms with Gasteiger partial charge < -0.3 is 10.2 Å². The van der Waals surface area contributed by atoms with E-state index in [9.17, 15) is 9.59 Å². The first-order chi connectivity index (χ1) is 11.2. The molecule has 0 spiro atoms. The van der Waals surface area contributed by atoms with E-state index in [0.29, 0.717) is 0 Å². The maximum absolute atomic E-state index is 12.3. The molecule has 0 radical (unpaired) electrons. The van der Waals surface area contributed by atoms with E-state index in [2.05, 4.69) is 20.7 Å². The molecule has 8 heteroatoms. The highest BCUT2D eigenvalue weighted by Gasteiger charge is 2.23. The van der Waals surface area contributed by atoms with Gasteiger partial charge in [0.15, 0.2) is 0 Å². The Morgan fingerprint density at radius 2 is 2.00 bits per heavy atom. The summed E-state index contributed by atoms with van der Waals surface area (Å²) in [5, 5.41) is 10.0. The highest BCUT2D eigenvalue weighted by Crippen LogP contribution is 2.11. The quantitative estimate of drug-likeness (QED) is 0.836. The van der Waals surface area contributed by atoms with Crippen molar-refractivity contribution in [1.82, 2.24) is 25.0 Å². The molecule has 23 heavy (non-hydrogen) atoms. The van der Waals surface area contributed by atoms with E-state index in [1.54, 1.807) is 0 Å². The molecule has 2 fully saturated rings. The first kappa shape index (κ1) is 15.9. The first-order valence-corrected chi connectivity index (χ1v) is 8.44. The molecule has 2 N–H and O–H groups in total. The van der Waals surface area contributed by atoms with Crippen molar-refractivity contribution in [2.75, 3.05) is 25.0 Å². The maximum Gasteiger partial charge on any atom is 0.248 e. The van der Waals surface area contributed by atoms with E-state index in [1.807, 2.05) is 4.90 Å². The third-order valence-corrected chi connectivity index (χ3v) is 4.40. The largest absolute Gasteiger partial charge is 0.341 e. The van der Waals surface area contributed by atoms with Crippen LogP contribution in [0.25, 0.3) is 0 Å². The van der Waals surface area contributed by atoms with Crippen LogP contribution < -0.4 is 10.6 Å². The molecule has 0 bridgehead atoms. The number of hydrogen-bond donors (Lipinski definition) is 2. The molecule has 2 aliphatic rings. The van der Waals surface area contributed by atoms with Crippen molar-refractivity contribution in [1.29, 1.82) is 0 Å². The second-order valence-corrected chi connectivity index (χ2v) is 6.20. The van der Waals surface area contributed by atoms with E-state index >= 15 is 0 Å². The molecule has 0 aliphatic carbocycles. The molecule has 2 saturated heterocycles. The lowest BCUT2D eigenvalue weighted by Crippen LogP contribution is -2.36. The highest BCUT2D eigenvalue weighted by atomic mass is 16.2. The van der Waals surface area contributed by atoms with Crippen molar-refractivity contribution >= 4 is 17.8 Å². The van der Waals surface area contributed by atoms with Crippen LogP contribution in [0.15, 0.2) is 6.33 Å². The van der Waals surface area contributed by atoms with E-state index in [-0.39, 0.29) is 30.3 Å². The minimum atomic E-state index is -0.166. The average Bonchev–Trinajstić information content (AvgIpc) is 3.14. The second kappa shape index (κ2) is 7.54. The minimum absolute atomic E-state index is 0.0622. The van der Waals surface area contributed by atoms with Gasteiger partial charge in [-0.05, 0) is 32.2 Å². The van der Waals surface area contributed by atoms with Crippen molar-refractivity contribution < 1.29 is 9.59 Å². The van der Waals surface area contributed by atoms with Gasteiger partial charge in [-0.15, -0.1) is 5.10 Å². The molecular weight excluding hydrogens is 296 g/mol. The SMILES string of the molecule is O=C(Nc1ncn(CC(=O)N2CCCCCC2)n1)C1CCCN1. The van der Waals surface area contributed by atoms with E-state index in [1.165, 1.54) is 23.9 Å². The van der Waals surface area contributed by atoms with Crippen LogP contribution in [0, 0.1) is 0 Å². The zero-order chi connectivity index (χ0) is 16.1. The van der Waals surface area contributed by atoms with Gasteiger partial charge in [-0.25, -0.2) is 9.67 Å². The minimum Gasteiger partial charge on any atom is -0.341 e. The van der Waals surface area contributed by atoms with Crippen LogP contribution in [0.2, 0.25) is 0 Å². The number of carbonyl (C=O) groups is 2. The maximum atomic E-state index is 12.3. The number of rotatable bonds is 4. The Balaban J connectivity index is 1.52. The van der Waals surface area contributed by atoms with Gasteiger partial charge in [0.25, 0.3) is 0 Å². The van der Waals surface area contributed by atoms with E-state index in [4.69, 9.17) is 0 Å². The fraction of sp³-hybridized carbons (Fsp3) is 0.733. The summed E-state index contributed by atoms with van der Waals surface area (Å²) >= 11 is 0. The highest BCUT2D eigenvalue weighted by molar-refractivity contribution is 5.93. The predicted molar refractivity (Wildman–Crippen MR) is 84.7 cm³/mol. The summed E-state index contributed by atoms with van der Waals surface area (Å²) in [5.74, 6) is 0.207. The summed E-state index contributed by atoms with van der Waals surface area (Å²) in [6.07, 6.45) is 7.85. The van der Waals surface area contributed by atoms with Gasteiger partial charge in [0.2, 0.25) is 17.8 Å². The van der Waals surface area contributed by atoms with Gasteiger partial charge in [0.05, 0.1) is 6.04 Å². The summed E-state index contributed by atoms with van der Waals surface area (Å²) in [6.45, 7) is 2.68. The second-order valence-electron chi connectivity index (χ2n) is 6.20. The first-order valence-electron chi connectivity index (χ1n) is 8.44. The number of hydrogen-bond acceptors (Lipinski definition) is 5. The van der Waals surface area contributed by atoms with E-state index in [0.717, 1.165) is 45.3 Å². The summed E-state index contributed by atoms with van der Waals surface area (Å²) in [6, 6.07) is -0.166. The molecule has 2 amide bonds. The van der Waals surface area contributed by atoms with Crippen LogP contribution in [0.4, 0.5) is 5.95 Å². The van der Waals surface area contributed by atoms with E-state index < -0.39 is 0 Å². The Morgan fingerprint density at radius 1 is 1.22 bits per heavy atom. The molecule has 3 rings (SSSR count). The molecule has 0 saturated carbocycles. The predicted octanol–water partition coefficient (Wildman–Crippen LogP) is 0.371. The molecule has 8 nitrogen and oxygen atoms in total. The van der Waals surface area contributed by atoms with Crippen molar-refractivity contribution in [3.05, 3.63) is 6.33 Å². The molecule has 0 aromatic carbocycles. The van der Waals surface area contributed by atoms with Crippen molar-refractivity contribution in [3.8, 4) is 0 Å². The normalized spacial score (nSPS) is 21.9. The lowest BCUT2D eigenvalue weighted by molar-refractivity contribution is -0.132. The van der Waals surface area contributed by atoms with Crippen molar-refractivity contribution in [2.24, 2.45) is 0 Å². The third kappa shape index (κ3) is 4.28. The van der Waals surface area contributed by atoms with Crippen LogP contribution in [-0.4, -0.2) is 57.2 Å². The molecule has 1 unspecified atom stereocenters. The van der Waals surface area contributed by atoms with Gasteiger partial charge in [-0.1, -0.05) is 12.8 Å². The Bertz CT molecular complexity index is 544. The Morgan fingerprint density at radius 3 is 2.70 bits per heavy atom. The summed E-state index contributed by atoms with van der Waals surface area (Å²) < 4.78 is 1.49. The molecule has 126 valence electrons. The zero-order valence-corrected chi connectivity index (χ0v) is 13.3. The molecular formula is C15H24N6O2. The lowest BCUT2D eigenvalue weighted by atomic mass is 10.2. The number of amides is 2. The standard InChI is InChI=1S/C15H24N6O2/c22-13(20-8-3-1-2-4-9-20)10-21-11-17-15(19-21)18-14(23)12-6-5-7-16-12/h11-12,16H,1-10H2,(H,18,19,23). The topological polar surface area (TPSA) is 92.2 Å². The lowest BCUT2D eigenvalue weighted by Gasteiger charge is -2.19. The number of nitrogens with zero attached hydrogens (tertiary/aromatic N) is 4. The fourth-order valence-corrected chi connectivity index (χ4v) is 3.09. The van der Waals surface area contributed by atoms with Crippen molar-refractivity contribution in [3.63, 3.8) is 0 Å². The fourth-order valence-electron chi connectivity index (χ4n) is 3.09. The number of aromatic nitrogens is 3. The van der Waals surface area contributed by atoms with Crippen LogP contribution in [0.3, 0.4) is 0 Å². The van der Waals surface area contributed by atoms with Gasteiger partial charge >= 0.3 is 0 Å². The third-order valence-electron chi connectivity index (χ3n) is 4.40. The molecule has 3 heterocycles. The van der Waals surface area contributed by atoms with Gasteiger partial charge in [-0.2, -0.15) is 0 Å². The molecule has 1 atom stereocenters. The van der Waals surface area contributed by atoms with Crippen LogP contribution in [0.1, 0.15) is 38.5 Å². The van der Waals surface area contributed by atoms with Crippen molar-refractivity contribution in [2.45, 2.75) is 51.1 Å². The molecule has 1 aromatic rings. The summed E-state index contributed by atoms with van der Waals surface area (Å²) in [4.78, 5) is 30.3. The number of nitrogens with one attached hydrogen (secondary N) is 2. The number of carbonyl (C=O) groups excluding carboxylic acids is 2. The Kier molecular flexibility index (Phi) is 5.22. The van der Waals surface area contributed by atoms with Crippen LogP contribution in [-0.2, 0) is 16.1 Å². The average molecular weight is 320 g/mol. The molecule has 2 aliphatic heterocycles. The Labute approximate surface area is 135 Å². The van der Waals surface area contributed by atoms with Crippen LogP contribution >= 0.6 is 0 Å². The monoisotopic (exact) mass is 320 g/mol. The molecule has 1 aromatic heterocycles. The van der Waals surface area contributed by atoms with Gasteiger partial charge in [-0.3, -0.25) is 14.9 Å². The van der Waals surface area contributed by atoms with Gasteiger partial charge in [0, 0.05) is 13.1 Å². The number of likely N-dealkylation sites (tertiary alicyclic amines) is 1. The summed E-state index contributed by atoms with van der Waals surface area (Å²) in [7, 11) is 0. The van der Waals surface area contributed by atoms with Crippen LogP contribution in [0.5, 0.6) is 0 Å². The van der Waals surface area contributed by atoms with Gasteiger partial charge in [0.1, 0.15) is 12.9 Å². The Hall–Kier alpha value is -1.96. The zero-order valence-electron chi connectivity index (χ0n) is 13.3.